The number of halogens is 3. The number of hydrogen-bond donors (Lipinski definition) is 6. The van der Waals surface area contributed by atoms with E-state index in [1.807, 2.05) is 0 Å². The Labute approximate surface area is 566 Å². The summed E-state index contributed by atoms with van der Waals surface area (Å²) in [4.78, 5) is 167. The van der Waals surface area contributed by atoms with E-state index in [-0.39, 0.29) is 16.7 Å². The fourth-order valence-electron chi connectivity index (χ4n) is 11.3. The molecule has 3 aromatic carbocycles. The van der Waals surface area contributed by atoms with Gasteiger partial charge in [-0.15, -0.1) is 0 Å². The Morgan fingerprint density at radius 2 is 1.23 bits per heavy atom. The molecule has 7 rings (SSSR count). The molecule has 0 bridgehead atoms. The fourth-order valence-corrected chi connectivity index (χ4v) is 11.4. The summed E-state index contributed by atoms with van der Waals surface area (Å²) in [6, 6.07) is 16.7. The predicted molar refractivity (Wildman–Crippen MR) is 323 cm³/mol. The first-order chi connectivity index (χ1) is 45.5. The van der Waals surface area contributed by atoms with Crippen LogP contribution in [-0.4, -0.2) is 225 Å². The van der Waals surface area contributed by atoms with Gasteiger partial charge >= 0.3 is 47.8 Å². The van der Waals surface area contributed by atoms with E-state index in [2.05, 4.69) is 10.6 Å². The van der Waals surface area contributed by atoms with Gasteiger partial charge in [-0.05, 0) is 50.2 Å². The molecule has 4 aliphatic heterocycles. The van der Waals surface area contributed by atoms with E-state index in [0.29, 0.717) is 21.0 Å². The summed E-state index contributed by atoms with van der Waals surface area (Å²) < 4.78 is 80.4. The summed E-state index contributed by atoms with van der Waals surface area (Å²) in [5, 5.41) is 50.9. The number of ether oxygens (including phenoxy) is 14. The zero-order chi connectivity index (χ0) is 71.7. The number of carbonyl (C=O) groups is 12. The van der Waals surface area contributed by atoms with E-state index < -0.39 is 216 Å². The van der Waals surface area contributed by atoms with Crippen LogP contribution in [0, 0.1) is 5.41 Å². The minimum absolute atomic E-state index is 0.0532. The molecule has 4 aliphatic rings. The van der Waals surface area contributed by atoms with Crippen molar-refractivity contribution in [1.29, 1.82) is 5.41 Å². The Morgan fingerprint density at radius 3 is 1.70 bits per heavy atom. The molecule has 0 radical (unpaired) electrons. The molecular weight excluding hydrogens is 1360 g/mol. The molecule has 4 fully saturated rings. The van der Waals surface area contributed by atoms with Crippen molar-refractivity contribution in [3.63, 3.8) is 0 Å². The molecular formula is C62H68Cl3N3O29. The summed E-state index contributed by atoms with van der Waals surface area (Å²) >= 11 is 18.4. The van der Waals surface area contributed by atoms with Gasteiger partial charge in [-0.1, -0.05) is 89.4 Å². The highest BCUT2D eigenvalue weighted by atomic mass is 35.6. The van der Waals surface area contributed by atoms with Gasteiger partial charge in [0.2, 0.25) is 24.0 Å². The van der Waals surface area contributed by atoms with Crippen LogP contribution in [0.3, 0.4) is 0 Å². The van der Waals surface area contributed by atoms with E-state index in [9.17, 15) is 68.1 Å². The highest BCUT2D eigenvalue weighted by Crippen LogP contribution is 2.49. The van der Waals surface area contributed by atoms with Crippen LogP contribution in [0.4, 0.5) is 0 Å². The molecule has 3 aromatic rings. The van der Waals surface area contributed by atoms with Gasteiger partial charge in [-0.2, -0.15) is 0 Å². The van der Waals surface area contributed by atoms with Gasteiger partial charge in [0, 0.05) is 34.6 Å². The van der Waals surface area contributed by atoms with Crippen LogP contribution in [-0.2, 0) is 109 Å². The van der Waals surface area contributed by atoms with E-state index in [1.54, 1.807) is 6.07 Å². The van der Waals surface area contributed by atoms with Gasteiger partial charge in [-0.25, -0.2) is 24.0 Å². The largest absolute Gasteiger partial charge is 0.465 e. The third-order valence-electron chi connectivity index (χ3n) is 15.6. The van der Waals surface area contributed by atoms with Gasteiger partial charge in [0.05, 0.1) is 55.3 Å². The van der Waals surface area contributed by atoms with E-state index in [0.717, 1.165) is 34.6 Å². The molecule has 4 heterocycles. The lowest BCUT2D eigenvalue weighted by molar-refractivity contribution is -0.387. The Bertz CT molecular complexity index is 3480. The summed E-state index contributed by atoms with van der Waals surface area (Å²) in [7, 11) is 0.698. The molecule has 35 heteroatoms. The molecule has 0 saturated carbocycles. The monoisotopic (exact) mass is 1420 g/mol. The maximum atomic E-state index is 15.3. The number of amides is 2. The lowest BCUT2D eigenvalue weighted by Gasteiger charge is -2.57. The fraction of sp³-hybridized carbons (Fsp3) is 0.500. The molecule has 0 aromatic heterocycles. The van der Waals surface area contributed by atoms with Crippen molar-refractivity contribution in [3.8, 4) is 0 Å². The van der Waals surface area contributed by atoms with Crippen molar-refractivity contribution in [3.05, 3.63) is 108 Å². The van der Waals surface area contributed by atoms with Crippen LogP contribution in [0.15, 0.2) is 91.0 Å². The second kappa shape index (κ2) is 31.5. The number of esters is 8. The number of rotatable bonds is 23. The van der Waals surface area contributed by atoms with Crippen molar-refractivity contribution in [2.75, 3.05) is 26.9 Å². The minimum Gasteiger partial charge on any atom is -0.465 e. The number of benzene rings is 3. The van der Waals surface area contributed by atoms with E-state index in [1.165, 1.54) is 84.9 Å². The smallest absolute Gasteiger partial charge is 0.367 e. The average molecular weight is 1430 g/mol. The summed E-state index contributed by atoms with van der Waals surface area (Å²) in [6.07, 6.45) is -28.2. The van der Waals surface area contributed by atoms with Crippen molar-refractivity contribution in [2.45, 2.75) is 167 Å². The number of methoxy groups -OCH3 is 1. The summed E-state index contributed by atoms with van der Waals surface area (Å²) in [6.45, 7) is 2.28. The Kier molecular flexibility index (Phi) is 24.7. The summed E-state index contributed by atoms with van der Waals surface area (Å²) in [5.74, 6) is -23.7. The first-order valence-electron chi connectivity index (χ1n) is 29.4. The number of hydrogen-bond acceptors (Lipinski definition) is 30. The average Bonchev–Trinajstić information content (AvgIpc) is 0.710. The molecule has 6 N–H and O–H groups in total. The lowest BCUT2D eigenvalue weighted by atomic mass is 9.70. The normalized spacial score (nSPS) is 29.0. The Balaban J connectivity index is 1.49. The molecule has 97 heavy (non-hydrogen) atoms. The van der Waals surface area contributed by atoms with Gasteiger partial charge in [-0.3, -0.25) is 39.0 Å². The highest BCUT2D eigenvalue weighted by Gasteiger charge is 2.73. The van der Waals surface area contributed by atoms with Gasteiger partial charge < -0.3 is 92.3 Å². The van der Waals surface area contributed by atoms with Gasteiger partial charge in [0.15, 0.2) is 47.2 Å². The Morgan fingerprint density at radius 1 is 0.691 bits per heavy atom. The van der Waals surface area contributed by atoms with Gasteiger partial charge in [0.1, 0.15) is 49.8 Å². The van der Waals surface area contributed by atoms with Crippen LogP contribution in [0.1, 0.15) is 92.4 Å². The van der Waals surface area contributed by atoms with Crippen LogP contribution < -0.4 is 10.6 Å². The molecule has 17 atom stereocenters. The maximum Gasteiger partial charge on any atom is 0.367 e. The standard InChI is InChI=1S/C62H68Cl3N3O29/c1-29(70)58(82)28-60(56(80)84-8,96-47-45(91-52(78)37-20-14-10-15-21-37)41(26-85-51(77)36-18-12-9-13-19-36)90-54(93-55(66)62(63,64)65)48(47)92-53(79)38-22-16-11-17-23-38)97-50(49(58)68-32(4)73)61(83,30(2)71)42-27-86-57(81)59(94-42)24-39(87-33(5)74)43(67-31(3)72)46(95-59)44(89-35(7)76)40(25-69)88-34(6)75/h9-23,39-50,54,66,69,82-83H,24-28H2,1-8H3,(H,67,72)(H,68,73)/t39-,40+,41+,42+,43+,44+,45-,46+,47-,48+,49-,50+,54+,58+,59?,60+,61+/m0/s1. The van der Waals surface area contributed by atoms with E-state index in [4.69, 9.17) is 107 Å². The predicted octanol–water partition coefficient (Wildman–Crippen LogP) is 1.29. The Hall–Kier alpha value is -8.28. The van der Waals surface area contributed by atoms with Crippen molar-refractivity contribution < 1.29 is 139 Å². The zero-order valence-corrected chi connectivity index (χ0v) is 55.1. The molecule has 4 saturated heterocycles. The number of alkyl halides is 3. The number of aliphatic hydroxyl groups excluding tert-OH is 1. The number of carbonyl (C=O) groups excluding carboxylic acids is 12. The van der Waals surface area contributed by atoms with Crippen LogP contribution >= 0.6 is 34.8 Å². The topological polar surface area (TPSA) is 443 Å². The molecule has 0 aliphatic carbocycles. The molecule has 32 nitrogen and oxygen atoms in total. The quantitative estimate of drug-likeness (QED) is 0.0256. The third-order valence-corrected chi connectivity index (χ3v) is 16.1. The first-order valence-corrected chi connectivity index (χ1v) is 30.5. The van der Waals surface area contributed by atoms with Gasteiger partial charge in [0.25, 0.3) is 15.4 Å². The zero-order valence-electron chi connectivity index (χ0n) is 52.8. The van der Waals surface area contributed by atoms with Crippen molar-refractivity contribution in [1.82, 2.24) is 10.6 Å². The number of aliphatic hydroxyl groups is 3. The number of cyclic esters (lactones) is 1. The SMILES string of the molecule is COC(=O)[C@@]1(O[C@H]2[C@@H](OC(=O)c3ccccc3)[C@@H](COC(=O)c3ccccc3)O[C@H](OC(=N)C(Cl)(Cl)Cl)[C@@H]2OC(=O)c2ccccc2)C[C@@](O)(C(C)=O)[C@@H](NC(C)=O)[C@H]([C@@](O)(C(C)=O)[C@H]2COC(=O)C3(C[C@H](OC(C)=O)[C@@H](NC(C)=O)[C@H]([C@H](OC(C)=O)[C@@H](CO)OC(C)=O)O3)O2)O1. The second-order valence-corrected chi connectivity index (χ2v) is 24.8. The molecule has 2 amide bonds. The van der Waals surface area contributed by atoms with Crippen LogP contribution in [0.5, 0.6) is 0 Å². The number of Topliss-reactive ketones (excluding diaryl/α,β-unsaturated/α-hetero) is 2. The van der Waals surface area contributed by atoms with Crippen molar-refractivity contribution in [2.24, 2.45) is 0 Å². The van der Waals surface area contributed by atoms with Crippen LogP contribution in [0.25, 0.3) is 0 Å². The lowest BCUT2D eigenvalue weighted by Crippen LogP contribution is -2.80. The molecule has 1 spiro atoms. The van der Waals surface area contributed by atoms with Crippen molar-refractivity contribution >= 4 is 112 Å². The maximum absolute atomic E-state index is 15.3. The highest BCUT2D eigenvalue weighted by molar-refractivity contribution is 6.76. The van der Waals surface area contributed by atoms with Crippen LogP contribution in [0.2, 0.25) is 0 Å². The molecule has 526 valence electrons. The second-order valence-electron chi connectivity index (χ2n) is 22.5. The number of nitrogens with one attached hydrogen (secondary N) is 3. The van der Waals surface area contributed by atoms with E-state index >= 15 is 4.79 Å². The minimum atomic E-state index is -3.76. The molecule has 1 unspecified atom stereocenters. The summed E-state index contributed by atoms with van der Waals surface area (Å²) in [5.41, 5.74) is -7.72. The number of ketones is 2. The third kappa shape index (κ3) is 17.4. The first kappa shape index (κ1) is 76.1.